The normalized spacial score (nSPS) is 10.8. The maximum absolute atomic E-state index is 12.0. The summed E-state index contributed by atoms with van der Waals surface area (Å²) in [5.74, 6) is 0.208. The third kappa shape index (κ3) is 4.70. The smallest absolute Gasteiger partial charge is 0.277 e. The highest BCUT2D eigenvalue weighted by Gasteiger charge is 2.05. The molecule has 27 heavy (non-hydrogen) atoms. The predicted molar refractivity (Wildman–Crippen MR) is 106 cm³/mol. The number of rotatable bonds is 7. The molecule has 0 unspecified atom stereocenters. The van der Waals surface area contributed by atoms with Gasteiger partial charge in [0.2, 0.25) is 0 Å². The molecule has 0 aliphatic carbocycles. The van der Waals surface area contributed by atoms with E-state index in [0.29, 0.717) is 17.7 Å². The van der Waals surface area contributed by atoms with E-state index in [-0.39, 0.29) is 12.2 Å². The summed E-state index contributed by atoms with van der Waals surface area (Å²) in [6.07, 6.45) is 3.74. The SMILES string of the molecule is C=CCc1ccccc1OCC(=O)N/N=C\c1cc2ccccc2[nH]c1=O. The first-order valence-electron chi connectivity index (χ1n) is 8.43. The van der Waals surface area contributed by atoms with Crippen molar-refractivity contribution in [3.05, 3.63) is 88.7 Å². The van der Waals surface area contributed by atoms with Crippen LogP contribution in [-0.2, 0) is 11.2 Å². The monoisotopic (exact) mass is 361 g/mol. The maximum atomic E-state index is 12.0. The number of aromatic amines is 1. The van der Waals surface area contributed by atoms with Crippen LogP contribution < -0.4 is 15.7 Å². The highest BCUT2D eigenvalue weighted by molar-refractivity contribution is 5.88. The van der Waals surface area contributed by atoms with E-state index in [4.69, 9.17) is 4.74 Å². The Morgan fingerprint density at radius 3 is 2.81 bits per heavy atom. The number of hydrazone groups is 1. The molecule has 1 amide bonds. The molecular formula is C21H19N3O3. The minimum absolute atomic E-state index is 0.181. The van der Waals surface area contributed by atoms with Gasteiger partial charge in [0.15, 0.2) is 6.61 Å². The molecule has 6 nitrogen and oxygen atoms in total. The zero-order valence-electron chi connectivity index (χ0n) is 14.6. The number of allylic oxidation sites excluding steroid dienone is 1. The van der Waals surface area contributed by atoms with Crippen molar-refractivity contribution in [2.75, 3.05) is 6.61 Å². The van der Waals surface area contributed by atoms with E-state index in [1.54, 1.807) is 18.2 Å². The number of amides is 1. The Morgan fingerprint density at radius 2 is 1.96 bits per heavy atom. The number of para-hydroxylation sites is 2. The molecular weight excluding hydrogens is 342 g/mol. The van der Waals surface area contributed by atoms with Crippen LogP contribution in [0.1, 0.15) is 11.1 Å². The van der Waals surface area contributed by atoms with Gasteiger partial charge < -0.3 is 9.72 Å². The van der Waals surface area contributed by atoms with Crippen molar-refractivity contribution in [2.45, 2.75) is 6.42 Å². The second-order valence-electron chi connectivity index (χ2n) is 5.82. The molecule has 0 radical (unpaired) electrons. The summed E-state index contributed by atoms with van der Waals surface area (Å²) >= 11 is 0. The fraction of sp³-hybridized carbons (Fsp3) is 0.0952. The number of carbonyl (C=O) groups excluding carboxylic acids is 1. The van der Waals surface area contributed by atoms with Gasteiger partial charge in [-0.2, -0.15) is 5.10 Å². The van der Waals surface area contributed by atoms with Crippen molar-refractivity contribution in [1.82, 2.24) is 10.4 Å². The Labute approximate surface area is 156 Å². The van der Waals surface area contributed by atoms with E-state index < -0.39 is 5.91 Å². The molecule has 0 spiro atoms. The van der Waals surface area contributed by atoms with Crippen molar-refractivity contribution < 1.29 is 9.53 Å². The Hall–Kier alpha value is -3.67. The van der Waals surface area contributed by atoms with Crippen LogP contribution >= 0.6 is 0 Å². The van der Waals surface area contributed by atoms with Crippen molar-refractivity contribution in [3.8, 4) is 5.75 Å². The zero-order chi connectivity index (χ0) is 19.1. The Kier molecular flexibility index (Phi) is 5.79. The van der Waals surface area contributed by atoms with Crippen LogP contribution in [0.2, 0.25) is 0 Å². The van der Waals surface area contributed by atoms with Crippen molar-refractivity contribution >= 4 is 23.0 Å². The van der Waals surface area contributed by atoms with E-state index in [9.17, 15) is 9.59 Å². The molecule has 0 aliphatic rings. The van der Waals surface area contributed by atoms with Crippen LogP contribution in [0, 0.1) is 0 Å². The summed E-state index contributed by atoms with van der Waals surface area (Å²) in [6.45, 7) is 3.52. The van der Waals surface area contributed by atoms with Gasteiger partial charge in [-0.15, -0.1) is 6.58 Å². The number of hydrogen-bond donors (Lipinski definition) is 2. The number of aromatic nitrogens is 1. The molecule has 0 aliphatic heterocycles. The summed E-state index contributed by atoms with van der Waals surface area (Å²) in [4.78, 5) is 26.7. The largest absolute Gasteiger partial charge is 0.483 e. The lowest BCUT2D eigenvalue weighted by molar-refractivity contribution is -0.123. The quantitative estimate of drug-likeness (QED) is 0.386. The van der Waals surface area contributed by atoms with Crippen LogP contribution in [0.15, 0.2) is 77.1 Å². The molecule has 136 valence electrons. The molecule has 0 fully saturated rings. The number of nitrogens with one attached hydrogen (secondary N) is 2. The van der Waals surface area contributed by atoms with Gasteiger partial charge in [0.1, 0.15) is 5.75 Å². The molecule has 1 heterocycles. The van der Waals surface area contributed by atoms with E-state index in [1.807, 2.05) is 42.5 Å². The molecule has 3 rings (SSSR count). The van der Waals surface area contributed by atoms with Crippen LogP contribution in [0.25, 0.3) is 10.9 Å². The van der Waals surface area contributed by atoms with E-state index in [2.05, 4.69) is 22.1 Å². The Bertz CT molecular complexity index is 1050. The predicted octanol–water partition coefficient (Wildman–Crippen LogP) is 2.79. The average molecular weight is 361 g/mol. The molecule has 0 bridgehead atoms. The molecule has 3 aromatic rings. The Morgan fingerprint density at radius 1 is 1.19 bits per heavy atom. The molecule has 2 aromatic carbocycles. The molecule has 2 N–H and O–H groups in total. The second kappa shape index (κ2) is 8.62. The van der Waals surface area contributed by atoms with Crippen molar-refractivity contribution in [3.63, 3.8) is 0 Å². The fourth-order valence-electron chi connectivity index (χ4n) is 2.58. The van der Waals surface area contributed by atoms with Crippen molar-refractivity contribution in [1.29, 1.82) is 0 Å². The third-order valence-corrected chi connectivity index (χ3v) is 3.87. The lowest BCUT2D eigenvalue weighted by atomic mass is 10.1. The second-order valence-corrected chi connectivity index (χ2v) is 5.82. The summed E-state index contributed by atoms with van der Waals surface area (Å²) in [6, 6.07) is 16.6. The lowest BCUT2D eigenvalue weighted by Crippen LogP contribution is -2.25. The minimum Gasteiger partial charge on any atom is -0.483 e. The van der Waals surface area contributed by atoms with Crippen LogP contribution in [-0.4, -0.2) is 23.7 Å². The van der Waals surface area contributed by atoms with Crippen LogP contribution in [0.3, 0.4) is 0 Å². The van der Waals surface area contributed by atoms with Gasteiger partial charge in [0.25, 0.3) is 11.5 Å². The molecule has 0 saturated carbocycles. The van der Waals surface area contributed by atoms with Crippen molar-refractivity contribution in [2.24, 2.45) is 5.10 Å². The average Bonchev–Trinajstić information content (AvgIpc) is 2.68. The number of fused-ring (bicyclic) bond motifs is 1. The summed E-state index contributed by atoms with van der Waals surface area (Å²) in [7, 11) is 0. The van der Waals surface area contributed by atoms with Gasteiger partial charge in [-0.1, -0.05) is 42.5 Å². The van der Waals surface area contributed by atoms with Gasteiger partial charge in [-0.3, -0.25) is 9.59 Å². The van der Waals surface area contributed by atoms with Gasteiger partial charge >= 0.3 is 0 Å². The number of hydrogen-bond acceptors (Lipinski definition) is 4. The zero-order valence-corrected chi connectivity index (χ0v) is 14.6. The fourth-order valence-corrected chi connectivity index (χ4v) is 2.58. The standard InChI is InChI=1S/C21H19N3O3/c1-2-7-15-8-4-6-11-19(15)27-14-20(25)24-22-13-17-12-16-9-3-5-10-18(16)23-21(17)26/h2-6,8-13H,1,7,14H2,(H,23,26)(H,24,25)/b22-13-. The molecule has 1 aromatic heterocycles. The van der Waals surface area contributed by atoms with Crippen LogP contribution in [0.4, 0.5) is 0 Å². The summed E-state index contributed by atoms with van der Waals surface area (Å²) in [5.41, 5.74) is 4.13. The van der Waals surface area contributed by atoms with Gasteiger partial charge in [0.05, 0.1) is 11.8 Å². The Balaban J connectivity index is 1.60. The maximum Gasteiger partial charge on any atom is 0.277 e. The number of pyridine rings is 1. The van der Waals surface area contributed by atoms with Gasteiger partial charge in [-0.25, -0.2) is 5.43 Å². The number of benzene rings is 2. The van der Waals surface area contributed by atoms with Gasteiger partial charge in [0, 0.05) is 5.52 Å². The highest BCUT2D eigenvalue weighted by atomic mass is 16.5. The molecule has 0 saturated heterocycles. The number of carbonyl (C=O) groups is 1. The van der Waals surface area contributed by atoms with Gasteiger partial charge in [-0.05, 0) is 35.6 Å². The molecule has 0 atom stereocenters. The highest BCUT2D eigenvalue weighted by Crippen LogP contribution is 2.18. The molecule has 6 heteroatoms. The number of nitrogens with zero attached hydrogens (tertiary/aromatic N) is 1. The van der Waals surface area contributed by atoms with E-state index in [0.717, 1.165) is 16.5 Å². The first kappa shape index (κ1) is 18.1. The third-order valence-electron chi connectivity index (χ3n) is 3.87. The minimum atomic E-state index is -0.420. The van der Waals surface area contributed by atoms with Crippen LogP contribution in [0.5, 0.6) is 5.75 Å². The first-order valence-corrected chi connectivity index (χ1v) is 8.43. The summed E-state index contributed by atoms with van der Waals surface area (Å²) < 4.78 is 5.53. The van der Waals surface area contributed by atoms with E-state index >= 15 is 0 Å². The first-order chi connectivity index (χ1) is 13.2. The lowest BCUT2D eigenvalue weighted by Gasteiger charge is -2.09. The number of H-pyrrole nitrogens is 1. The topological polar surface area (TPSA) is 83.5 Å². The number of ether oxygens (including phenoxy) is 1. The summed E-state index contributed by atoms with van der Waals surface area (Å²) in [5, 5.41) is 4.72. The van der Waals surface area contributed by atoms with E-state index in [1.165, 1.54) is 6.21 Å².